The number of hydrogen-bond acceptors (Lipinski definition) is 2. The maximum absolute atomic E-state index is 4.72. The average Bonchev–Trinajstić information content (AvgIpc) is 3.22. The molecule has 1 atom stereocenters. The molecule has 0 aliphatic rings. The molecule has 2 aromatic heterocycles. The molecule has 0 saturated heterocycles. The highest BCUT2D eigenvalue weighted by Gasteiger charge is 2.19. The van der Waals surface area contributed by atoms with Crippen LogP contribution in [-0.4, -0.2) is 34.0 Å². The lowest BCUT2D eigenvalue weighted by Gasteiger charge is -2.23. The predicted molar refractivity (Wildman–Crippen MR) is 165 cm³/mol. The summed E-state index contributed by atoms with van der Waals surface area (Å²) in [4.78, 5) is 9.56. The lowest BCUT2D eigenvalue weighted by molar-refractivity contribution is 0.488. The van der Waals surface area contributed by atoms with E-state index in [9.17, 15) is 0 Å². The number of benzene rings is 2. The second-order valence-corrected chi connectivity index (χ2v) is 13.5. The van der Waals surface area contributed by atoms with Gasteiger partial charge in [0.05, 0.1) is 5.52 Å². The first kappa shape index (κ1) is 26.1. The van der Waals surface area contributed by atoms with Crippen molar-refractivity contribution in [2.75, 3.05) is 6.26 Å². The maximum atomic E-state index is 4.72. The first-order chi connectivity index (χ1) is 17.1. The molecule has 4 heteroatoms. The van der Waals surface area contributed by atoms with E-state index >= 15 is 0 Å². The zero-order chi connectivity index (χ0) is 26.0. The number of unbranched alkanes of at least 4 members (excludes halogenated alkanes) is 1. The fourth-order valence-corrected chi connectivity index (χ4v) is 5.94. The van der Waals surface area contributed by atoms with Crippen LogP contribution in [-0.2, 0) is 0 Å². The number of aromatic nitrogens is 2. The predicted octanol–water partition coefficient (Wildman–Crippen LogP) is 8.58. The monoisotopic (exact) mass is 499 g/mol. The Morgan fingerprint density at radius 3 is 2.56 bits per heavy atom. The highest BCUT2D eigenvalue weighted by molar-refractivity contribution is 8.27. The molecule has 2 heterocycles. The van der Waals surface area contributed by atoms with E-state index in [1.165, 1.54) is 46.2 Å². The van der Waals surface area contributed by atoms with Gasteiger partial charge in [-0.2, -0.15) is 9.21 Å². The molecule has 1 unspecified atom stereocenters. The summed E-state index contributed by atoms with van der Waals surface area (Å²) < 4.78 is 0. The third-order valence-corrected chi connectivity index (χ3v) is 8.48. The Labute approximate surface area is 217 Å². The number of fused-ring (bicyclic) bond motifs is 3. The number of nitrogens with one attached hydrogen (secondary N) is 2. The first-order valence-corrected chi connectivity index (χ1v) is 15.4. The van der Waals surface area contributed by atoms with Gasteiger partial charge in [-0.1, -0.05) is 63.6 Å². The molecule has 3 nitrogen and oxygen atoms in total. The minimum Gasteiger partial charge on any atom is -0.382 e. The molecule has 190 valence electrons. The Balaban J connectivity index is 1.94. The largest absolute Gasteiger partial charge is 0.382 e. The number of aryl methyl sites for hydroxylation is 2. The van der Waals surface area contributed by atoms with E-state index in [0.717, 1.165) is 46.2 Å². The molecule has 0 fully saturated rings. The highest BCUT2D eigenvalue weighted by Crippen LogP contribution is 2.40. The van der Waals surface area contributed by atoms with Gasteiger partial charge in [-0.3, -0.25) is 0 Å². The summed E-state index contributed by atoms with van der Waals surface area (Å²) >= 11 is 0. The van der Waals surface area contributed by atoms with Crippen molar-refractivity contribution in [3.63, 3.8) is 0 Å². The van der Waals surface area contributed by atoms with Gasteiger partial charge in [-0.25, -0.2) is 4.98 Å². The number of aromatic amines is 1. The van der Waals surface area contributed by atoms with Crippen molar-refractivity contribution in [1.29, 1.82) is 0 Å². The molecule has 0 saturated carbocycles. The first-order valence-electron chi connectivity index (χ1n) is 13.1. The number of H-pyrrole nitrogens is 1. The quantitative estimate of drug-likeness (QED) is 0.215. The second kappa shape index (κ2) is 10.6. The van der Waals surface area contributed by atoms with E-state index in [2.05, 4.69) is 99.0 Å². The van der Waals surface area contributed by atoms with E-state index in [-0.39, 0.29) is 0 Å². The molecule has 0 aliphatic carbocycles. The summed E-state index contributed by atoms with van der Waals surface area (Å²) in [6.45, 7) is 13.3. The fraction of sp³-hybridized carbons (Fsp3) is 0.344. The van der Waals surface area contributed by atoms with Gasteiger partial charge < -0.3 is 10.3 Å². The fourth-order valence-electron chi connectivity index (χ4n) is 5.12. The minimum absolute atomic E-state index is 0.443. The number of nitrogens with zero attached hydrogens (tertiary/aromatic N) is 1. The molecular formula is C32H41N3S. The van der Waals surface area contributed by atoms with Crippen molar-refractivity contribution < 1.29 is 0 Å². The number of pyridine rings is 1. The number of rotatable bonds is 10. The number of hydrogen-bond donors (Lipinski definition) is 2. The highest BCUT2D eigenvalue weighted by atomic mass is 32.2. The van der Waals surface area contributed by atoms with Crippen LogP contribution in [0.5, 0.6) is 0 Å². The van der Waals surface area contributed by atoms with Crippen LogP contribution >= 0.6 is 9.21 Å². The van der Waals surface area contributed by atoms with Crippen LogP contribution in [0.4, 0.5) is 0 Å². The lowest BCUT2D eigenvalue weighted by Crippen LogP contribution is -2.27. The van der Waals surface area contributed by atoms with Gasteiger partial charge in [-0.15, -0.1) is 0 Å². The molecular weight excluding hydrogens is 458 g/mol. The van der Waals surface area contributed by atoms with Crippen molar-refractivity contribution in [2.24, 2.45) is 0 Å². The Kier molecular flexibility index (Phi) is 7.65. The van der Waals surface area contributed by atoms with Crippen LogP contribution in [0.25, 0.3) is 38.8 Å². The van der Waals surface area contributed by atoms with E-state index in [4.69, 9.17) is 4.98 Å². The Hall–Kier alpha value is -2.98. The van der Waals surface area contributed by atoms with Crippen molar-refractivity contribution in [1.82, 2.24) is 15.3 Å². The summed E-state index contributed by atoms with van der Waals surface area (Å²) in [5.41, 5.74) is 8.93. The molecule has 0 spiro atoms. The molecule has 36 heavy (non-hydrogen) atoms. The molecule has 0 radical (unpaired) electrons. The van der Waals surface area contributed by atoms with Crippen LogP contribution in [0.15, 0.2) is 54.1 Å². The van der Waals surface area contributed by atoms with Crippen LogP contribution in [0.1, 0.15) is 62.6 Å². The topological polar surface area (TPSA) is 40.7 Å². The molecule has 0 aliphatic heterocycles. The second-order valence-electron chi connectivity index (χ2n) is 10.4. The molecule has 0 amide bonds. The van der Waals surface area contributed by atoms with E-state index in [1.807, 2.05) is 6.20 Å². The van der Waals surface area contributed by atoms with Gasteiger partial charge in [-0.05, 0) is 84.4 Å². The van der Waals surface area contributed by atoms with Crippen LogP contribution in [0, 0.1) is 13.8 Å². The van der Waals surface area contributed by atoms with E-state index in [0.29, 0.717) is 6.04 Å². The van der Waals surface area contributed by atoms with Gasteiger partial charge in [0.2, 0.25) is 0 Å². The summed E-state index contributed by atoms with van der Waals surface area (Å²) in [5.74, 6) is 8.71. The average molecular weight is 500 g/mol. The maximum Gasteiger partial charge on any atom is 0.138 e. The van der Waals surface area contributed by atoms with Gasteiger partial charge in [0.1, 0.15) is 5.65 Å². The minimum atomic E-state index is -1.34. The third-order valence-electron chi connectivity index (χ3n) is 7.08. The van der Waals surface area contributed by atoms with Crippen molar-refractivity contribution in [3.05, 3.63) is 65.9 Å². The molecule has 4 aromatic rings. The lowest BCUT2D eigenvalue weighted by atomic mass is 9.92. The van der Waals surface area contributed by atoms with Crippen molar-refractivity contribution >= 4 is 48.6 Å². The third kappa shape index (κ3) is 5.24. The van der Waals surface area contributed by atoms with Crippen molar-refractivity contribution in [2.45, 2.75) is 70.7 Å². The van der Waals surface area contributed by atoms with E-state index < -0.39 is 9.21 Å². The van der Waals surface area contributed by atoms with Crippen molar-refractivity contribution in [3.8, 4) is 11.1 Å². The normalized spacial score (nSPS) is 12.8. The van der Waals surface area contributed by atoms with Gasteiger partial charge >= 0.3 is 0 Å². The molecule has 4 rings (SSSR count). The standard InChI is InChI=1S/C32H41N3S/c1-9-11-15-25(13-10-2)34-23(5)27-19-28(24-14-12-16-26(18-24)36(6,7)8)30-29-17-21(3)20-33-32(29)35-31(30)22(27)4/h12,14,16-20,25,34H,5-7,9-11,13,15H2,1-4,8H3,(H,33,35). The summed E-state index contributed by atoms with van der Waals surface area (Å²) in [6, 6.07) is 13.7. The van der Waals surface area contributed by atoms with Crippen LogP contribution in [0.2, 0.25) is 0 Å². The SMILES string of the molecule is C=C(NC(CCC)CCCC)c1cc(-c2cccc(S(=C)(=C)C)c2)c2c([nH]c3ncc(C)cc32)c1C. The zero-order valence-electron chi connectivity index (χ0n) is 22.6. The Morgan fingerprint density at radius 1 is 1.08 bits per heavy atom. The van der Waals surface area contributed by atoms with Gasteiger partial charge in [0.15, 0.2) is 0 Å². The Bertz CT molecular complexity index is 1520. The van der Waals surface area contributed by atoms with Crippen LogP contribution in [0.3, 0.4) is 0 Å². The zero-order valence-corrected chi connectivity index (χ0v) is 23.4. The van der Waals surface area contributed by atoms with Gasteiger partial charge in [0, 0.05) is 34.3 Å². The Morgan fingerprint density at radius 2 is 1.86 bits per heavy atom. The smallest absolute Gasteiger partial charge is 0.138 e. The summed E-state index contributed by atoms with van der Waals surface area (Å²) in [5, 5.41) is 6.17. The molecule has 2 N–H and O–H groups in total. The van der Waals surface area contributed by atoms with Gasteiger partial charge in [0.25, 0.3) is 0 Å². The van der Waals surface area contributed by atoms with E-state index in [1.54, 1.807) is 0 Å². The molecule has 2 aromatic carbocycles. The summed E-state index contributed by atoms with van der Waals surface area (Å²) in [7, 11) is -1.34. The molecule has 0 bridgehead atoms. The summed E-state index contributed by atoms with van der Waals surface area (Å²) in [6.07, 6.45) is 9.99. The van der Waals surface area contributed by atoms with Crippen LogP contribution < -0.4 is 5.32 Å².